The number of benzene rings is 1. The third-order valence-electron chi connectivity index (χ3n) is 2.89. The third kappa shape index (κ3) is 2.71. The fourth-order valence-electron chi connectivity index (χ4n) is 1.64. The molecule has 0 bridgehead atoms. The van der Waals surface area contributed by atoms with Crippen molar-refractivity contribution < 1.29 is 4.74 Å². The van der Waals surface area contributed by atoms with Crippen LogP contribution >= 0.6 is 11.3 Å². The van der Waals surface area contributed by atoms with E-state index in [1.54, 1.807) is 18.4 Å². The van der Waals surface area contributed by atoms with Crippen LogP contribution in [0.2, 0.25) is 0 Å². The molecule has 1 unspecified atom stereocenters. The van der Waals surface area contributed by atoms with E-state index in [-0.39, 0.29) is 6.04 Å². The molecule has 1 heterocycles. The number of ether oxygens (including phenoxy) is 1. The number of rotatable bonds is 4. The van der Waals surface area contributed by atoms with Gasteiger partial charge in [-0.2, -0.15) is 0 Å². The molecule has 4 heteroatoms. The first kappa shape index (κ1) is 13.1. The highest BCUT2D eigenvalue weighted by atomic mass is 32.1. The Morgan fingerprint density at radius 2 is 2.11 bits per heavy atom. The van der Waals surface area contributed by atoms with Gasteiger partial charge in [0, 0.05) is 10.9 Å². The summed E-state index contributed by atoms with van der Waals surface area (Å²) in [7, 11) is 1.67. The minimum atomic E-state index is 0.00866. The number of hydrogen-bond acceptors (Lipinski definition) is 4. The Morgan fingerprint density at radius 3 is 2.78 bits per heavy atom. The van der Waals surface area contributed by atoms with Gasteiger partial charge in [0.2, 0.25) is 0 Å². The molecule has 18 heavy (non-hydrogen) atoms. The Bertz CT molecular complexity index is 522. The Morgan fingerprint density at radius 1 is 1.33 bits per heavy atom. The zero-order chi connectivity index (χ0) is 13.1. The summed E-state index contributed by atoms with van der Waals surface area (Å²) in [6.45, 7) is 4.22. The second-order valence-electron chi connectivity index (χ2n) is 4.57. The molecule has 0 aliphatic rings. The molecule has 96 valence electrons. The minimum absolute atomic E-state index is 0.00866. The van der Waals surface area contributed by atoms with E-state index < -0.39 is 0 Å². The SMILES string of the molecule is COc1cccc(-c2csc(C(N)C(C)C)n2)c1. The molecule has 1 aromatic heterocycles. The van der Waals surface area contributed by atoms with Gasteiger partial charge in [-0.3, -0.25) is 0 Å². The van der Waals surface area contributed by atoms with Crippen molar-refractivity contribution in [3.05, 3.63) is 34.7 Å². The van der Waals surface area contributed by atoms with Crippen molar-refractivity contribution in [1.29, 1.82) is 0 Å². The maximum Gasteiger partial charge on any atom is 0.119 e. The first-order chi connectivity index (χ1) is 8.61. The molecule has 1 atom stereocenters. The molecule has 0 aliphatic carbocycles. The molecule has 0 aliphatic heterocycles. The Kier molecular flexibility index (Phi) is 3.99. The Hall–Kier alpha value is -1.39. The quantitative estimate of drug-likeness (QED) is 0.917. The van der Waals surface area contributed by atoms with Crippen LogP contribution in [-0.2, 0) is 0 Å². The molecule has 1 aromatic carbocycles. The molecular weight excluding hydrogens is 244 g/mol. The Labute approximate surface area is 112 Å². The second kappa shape index (κ2) is 5.50. The van der Waals surface area contributed by atoms with Crippen molar-refractivity contribution in [3.8, 4) is 17.0 Å². The van der Waals surface area contributed by atoms with E-state index >= 15 is 0 Å². The van der Waals surface area contributed by atoms with E-state index in [1.807, 2.05) is 29.6 Å². The molecule has 0 amide bonds. The van der Waals surface area contributed by atoms with Crippen molar-refractivity contribution in [2.75, 3.05) is 7.11 Å². The molecule has 3 nitrogen and oxygen atoms in total. The summed E-state index contributed by atoms with van der Waals surface area (Å²) < 4.78 is 5.22. The standard InChI is InChI=1S/C14H18N2OS/c1-9(2)13(15)14-16-12(8-18-14)10-5-4-6-11(7-10)17-3/h4-9,13H,15H2,1-3H3. The van der Waals surface area contributed by atoms with Gasteiger partial charge in [0.05, 0.1) is 18.8 Å². The number of aromatic nitrogens is 1. The van der Waals surface area contributed by atoms with Gasteiger partial charge < -0.3 is 10.5 Å². The lowest BCUT2D eigenvalue weighted by Crippen LogP contribution is -2.16. The van der Waals surface area contributed by atoms with Crippen LogP contribution in [-0.4, -0.2) is 12.1 Å². The van der Waals surface area contributed by atoms with Gasteiger partial charge in [-0.25, -0.2) is 4.98 Å². The van der Waals surface area contributed by atoms with Crippen LogP contribution in [0.3, 0.4) is 0 Å². The fraction of sp³-hybridized carbons (Fsp3) is 0.357. The monoisotopic (exact) mass is 262 g/mol. The van der Waals surface area contributed by atoms with Crippen LogP contribution in [0.25, 0.3) is 11.3 Å². The zero-order valence-corrected chi connectivity index (χ0v) is 11.7. The second-order valence-corrected chi connectivity index (χ2v) is 5.46. The highest BCUT2D eigenvalue weighted by Crippen LogP contribution is 2.29. The van der Waals surface area contributed by atoms with E-state index in [9.17, 15) is 0 Å². The van der Waals surface area contributed by atoms with Gasteiger partial charge in [-0.15, -0.1) is 11.3 Å². The predicted octanol–water partition coefficient (Wildman–Crippen LogP) is 3.47. The normalized spacial score (nSPS) is 12.7. The van der Waals surface area contributed by atoms with E-state index in [1.165, 1.54) is 0 Å². The minimum Gasteiger partial charge on any atom is -0.497 e. The average molecular weight is 262 g/mol. The summed E-state index contributed by atoms with van der Waals surface area (Å²) in [5.74, 6) is 1.24. The molecule has 2 rings (SSSR count). The maximum absolute atomic E-state index is 6.11. The molecule has 0 saturated carbocycles. The Balaban J connectivity index is 2.29. The zero-order valence-electron chi connectivity index (χ0n) is 10.9. The van der Waals surface area contributed by atoms with E-state index in [2.05, 4.69) is 18.8 Å². The predicted molar refractivity (Wildman–Crippen MR) is 75.9 cm³/mol. The molecule has 0 saturated heterocycles. The maximum atomic E-state index is 6.11. The average Bonchev–Trinajstić information content (AvgIpc) is 2.87. The summed E-state index contributed by atoms with van der Waals surface area (Å²) in [5.41, 5.74) is 8.13. The summed E-state index contributed by atoms with van der Waals surface area (Å²) >= 11 is 1.62. The van der Waals surface area contributed by atoms with Crippen LogP contribution in [0, 0.1) is 5.92 Å². The van der Waals surface area contributed by atoms with Gasteiger partial charge in [0.1, 0.15) is 10.8 Å². The number of methoxy groups -OCH3 is 1. The molecular formula is C14H18N2OS. The van der Waals surface area contributed by atoms with Gasteiger partial charge in [0.15, 0.2) is 0 Å². The number of nitrogens with two attached hydrogens (primary N) is 1. The molecule has 2 N–H and O–H groups in total. The van der Waals surface area contributed by atoms with Crippen LogP contribution in [0.1, 0.15) is 24.9 Å². The lowest BCUT2D eigenvalue weighted by molar-refractivity contribution is 0.415. The third-order valence-corrected chi connectivity index (χ3v) is 3.84. The van der Waals surface area contributed by atoms with Gasteiger partial charge >= 0.3 is 0 Å². The molecule has 0 spiro atoms. The van der Waals surface area contributed by atoms with Crippen LogP contribution in [0.4, 0.5) is 0 Å². The van der Waals surface area contributed by atoms with Crippen molar-refractivity contribution in [2.24, 2.45) is 11.7 Å². The van der Waals surface area contributed by atoms with E-state index in [4.69, 9.17) is 10.5 Å². The van der Waals surface area contributed by atoms with Crippen LogP contribution in [0.5, 0.6) is 5.75 Å². The van der Waals surface area contributed by atoms with Gasteiger partial charge in [-0.05, 0) is 18.1 Å². The summed E-state index contributed by atoms with van der Waals surface area (Å²) in [6.07, 6.45) is 0. The van der Waals surface area contributed by atoms with Crippen molar-refractivity contribution in [1.82, 2.24) is 4.98 Å². The topological polar surface area (TPSA) is 48.1 Å². The van der Waals surface area contributed by atoms with Crippen molar-refractivity contribution >= 4 is 11.3 Å². The summed E-state index contributed by atoms with van der Waals surface area (Å²) in [4.78, 5) is 4.62. The fourth-order valence-corrected chi connectivity index (χ4v) is 2.64. The highest BCUT2D eigenvalue weighted by molar-refractivity contribution is 7.10. The smallest absolute Gasteiger partial charge is 0.119 e. The van der Waals surface area contributed by atoms with Crippen LogP contribution in [0.15, 0.2) is 29.6 Å². The molecule has 0 fully saturated rings. The lowest BCUT2D eigenvalue weighted by Gasteiger charge is -2.11. The first-order valence-electron chi connectivity index (χ1n) is 5.97. The number of hydrogen-bond donors (Lipinski definition) is 1. The van der Waals surface area contributed by atoms with Gasteiger partial charge in [0.25, 0.3) is 0 Å². The van der Waals surface area contributed by atoms with Gasteiger partial charge in [-0.1, -0.05) is 26.0 Å². The number of nitrogens with zero attached hydrogens (tertiary/aromatic N) is 1. The van der Waals surface area contributed by atoms with Crippen molar-refractivity contribution in [2.45, 2.75) is 19.9 Å². The molecule has 0 radical (unpaired) electrons. The van der Waals surface area contributed by atoms with Crippen LogP contribution < -0.4 is 10.5 Å². The lowest BCUT2D eigenvalue weighted by atomic mass is 10.1. The summed E-state index contributed by atoms with van der Waals surface area (Å²) in [5, 5.41) is 3.04. The number of thiazole rings is 1. The first-order valence-corrected chi connectivity index (χ1v) is 6.85. The highest BCUT2D eigenvalue weighted by Gasteiger charge is 2.15. The largest absolute Gasteiger partial charge is 0.497 e. The van der Waals surface area contributed by atoms with E-state index in [0.717, 1.165) is 22.0 Å². The molecule has 2 aromatic rings. The van der Waals surface area contributed by atoms with Crippen molar-refractivity contribution in [3.63, 3.8) is 0 Å². The summed E-state index contributed by atoms with van der Waals surface area (Å²) in [6, 6.07) is 7.92. The van der Waals surface area contributed by atoms with E-state index in [0.29, 0.717) is 5.92 Å².